The molecule has 1 aromatic carbocycles. The Kier molecular flexibility index (Phi) is 7.16. The van der Waals surface area contributed by atoms with Crippen molar-refractivity contribution in [1.82, 2.24) is 10.3 Å². The number of nitrogens with zero attached hydrogens (tertiary/aromatic N) is 1. The molecule has 0 radical (unpaired) electrons. The van der Waals surface area contributed by atoms with Crippen LogP contribution >= 0.6 is 24.0 Å². The van der Waals surface area contributed by atoms with Gasteiger partial charge in [0.25, 0.3) is 0 Å². The second kappa shape index (κ2) is 9.37. The monoisotopic (exact) mass is 347 g/mol. The molecule has 0 saturated heterocycles. The number of ether oxygens (including phenoxy) is 1. The third-order valence-corrected chi connectivity index (χ3v) is 4.52. The lowest BCUT2D eigenvalue weighted by Crippen LogP contribution is -2.30. The van der Waals surface area contributed by atoms with E-state index in [1.807, 2.05) is 43.0 Å². The summed E-state index contributed by atoms with van der Waals surface area (Å²) in [6.45, 7) is 2.84. The fourth-order valence-corrected chi connectivity index (χ4v) is 2.96. The summed E-state index contributed by atoms with van der Waals surface area (Å²) in [6, 6.07) is 12.0. The highest BCUT2D eigenvalue weighted by Crippen LogP contribution is 2.21. The van der Waals surface area contributed by atoms with Crippen LogP contribution in [0.2, 0.25) is 0 Å². The fraction of sp³-hybridized carbons (Fsp3) is 0.294. The molecule has 0 fully saturated rings. The second-order valence-corrected chi connectivity index (χ2v) is 6.50. The van der Waals surface area contributed by atoms with Crippen molar-refractivity contribution in [3.63, 3.8) is 0 Å². The Labute approximate surface area is 147 Å². The van der Waals surface area contributed by atoms with Crippen LogP contribution in [0.4, 0.5) is 5.82 Å². The number of thioether (sulfide) groups is 1. The molecule has 122 valence electrons. The van der Waals surface area contributed by atoms with Crippen LogP contribution in [-0.2, 0) is 0 Å². The number of aryl methyl sites for hydroxylation is 1. The highest BCUT2D eigenvalue weighted by Gasteiger charge is 2.01. The van der Waals surface area contributed by atoms with E-state index in [1.54, 1.807) is 13.3 Å². The number of thiocarbonyl (C=S) groups is 1. The number of aromatic nitrogens is 1. The Balaban J connectivity index is 1.63. The van der Waals surface area contributed by atoms with E-state index >= 15 is 0 Å². The minimum absolute atomic E-state index is 0.612. The maximum atomic E-state index is 5.28. The van der Waals surface area contributed by atoms with E-state index in [-0.39, 0.29) is 0 Å². The molecule has 0 aliphatic carbocycles. The minimum atomic E-state index is 0.612. The van der Waals surface area contributed by atoms with Gasteiger partial charge in [0.05, 0.1) is 7.11 Å². The lowest BCUT2D eigenvalue weighted by atomic mass is 10.3. The molecule has 2 aromatic rings. The molecular formula is C17H21N3OS2. The van der Waals surface area contributed by atoms with E-state index in [4.69, 9.17) is 17.0 Å². The lowest BCUT2D eigenvalue weighted by molar-refractivity contribution is 0.414. The summed E-state index contributed by atoms with van der Waals surface area (Å²) >= 11 is 7.11. The number of nitrogens with one attached hydrogen (secondary N) is 2. The first kappa shape index (κ1) is 17.6. The summed E-state index contributed by atoms with van der Waals surface area (Å²) < 4.78 is 5.15. The van der Waals surface area contributed by atoms with Crippen molar-refractivity contribution >= 4 is 34.9 Å². The number of methoxy groups -OCH3 is 1. The summed E-state index contributed by atoms with van der Waals surface area (Å²) in [5.41, 5.74) is 1.08. The number of pyridine rings is 1. The van der Waals surface area contributed by atoms with E-state index in [0.717, 1.165) is 35.8 Å². The van der Waals surface area contributed by atoms with E-state index in [9.17, 15) is 0 Å². The Hall–Kier alpha value is -1.79. The van der Waals surface area contributed by atoms with Crippen LogP contribution < -0.4 is 15.4 Å². The largest absolute Gasteiger partial charge is 0.497 e. The van der Waals surface area contributed by atoms with Crippen LogP contribution in [0.25, 0.3) is 0 Å². The van der Waals surface area contributed by atoms with Crippen molar-refractivity contribution in [2.75, 3.05) is 24.7 Å². The van der Waals surface area contributed by atoms with Gasteiger partial charge in [-0.15, -0.1) is 11.8 Å². The van der Waals surface area contributed by atoms with Crippen molar-refractivity contribution in [1.29, 1.82) is 0 Å². The molecule has 0 unspecified atom stereocenters. The standard InChI is InChI=1S/C17H21N3OS2/c1-13-5-3-10-18-16(13)20-17(22)19-11-4-12-23-15-8-6-14(21-2)7-9-15/h3,5-10H,4,11-12H2,1-2H3,(H2,18,19,20,22). The highest BCUT2D eigenvalue weighted by molar-refractivity contribution is 7.99. The summed E-state index contributed by atoms with van der Waals surface area (Å²) in [5.74, 6) is 2.72. The predicted octanol–water partition coefficient (Wildman–Crippen LogP) is 3.87. The molecule has 0 atom stereocenters. The number of hydrogen-bond acceptors (Lipinski definition) is 4. The number of rotatable bonds is 7. The smallest absolute Gasteiger partial charge is 0.171 e. The molecular weight excluding hydrogens is 326 g/mol. The van der Waals surface area contributed by atoms with Crippen LogP contribution in [0.5, 0.6) is 5.75 Å². The van der Waals surface area contributed by atoms with Crippen LogP contribution in [0, 0.1) is 6.92 Å². The first-order valence-corrected chi connectivity index (χ1v) is 8.82. The topological polar surface area (TPSA) is 46.2 Å². The van der Waals surface area contributed by atoms with E-state index in [1.165, 1.54) is 4.90 Å². The molecule has 4 nitrogen and oxygen atoms in total. The molecule has 1 heterocycles. The molecule has 0 spiro atoms. The highest BCUT2D eigenvalue weighted by atomic mass is 32.2. The van der Waals surface area contributed by atoms with E-state index in [0.29, 0.717) is 5.11 Å². The van der Waals surface area contributed by atoms with Crippen molar-refractivity contribution in [3.8, 4) is 5.75 Å². The van der Waals surface area contributed by atoms with Crippen LogP contribution in [0.1, 0.15) is 12.0 Å². The van der Waals surface area contributed by atoms with Crippen LogP contribution in [0.15, 0.2) is 47.5 Å². The first-order chi connectivity index (χ1) is 11.2. The van der Waals surface area contributed by atoms with E-state index in [2.05, 4.69) is 27.8 Å². The summed E-state index contributed by atoms with van der Waals surface area (Å²) in [6.07, 6.45) is 2.78. The molecule has 0 amide bonds. The molecule has 0 aliphatic heterocycles. The fourth-order valence-electron chi connectivity index (χ4n) is 1.90. The normalized spacial score (nSPS) is 10.2. The van der Waals surface area contributed by atoms with Gasteiger partial charge < -0.3 is 15.4 Å². The lowest BCUT2D eigenvalue weighted by Gasteiger charge is -2.11. The SMILES string of the molecule is COc1ccc(SCCCNC(=S)Nc2ncccc2C)cc1. The zero-order valence-electron chi connectivity index (χ0n) is 13.3. The summed E-state index contributed by atoms with van der Waals surface area (Å²) in [7, 11) is 1.68. The summed E-state index contributed by atoms with van der Waals surface area (Å²) in [4.78, 5) is 5.51. The Morgan fingerprint density at radius 2 is 2.04 bits per heavy atom. The Morgan fingerprint density at radius 3 is 2.74 bits per heavy atom. The van der Waals surface area contributed by atoms with Crippen LogP contribution in [-0.4, -0.2) is 29.5 Å². The number of benzene rings is 1. The van der Waals surface area contributed by atoms with Gasteiger partial charge in [-0.2, -0.15) is 0 Å². The van der Waals surface area contributed by atoms with Crippen molar-refractivity contribution in [2.45, 2.75) is 18.2 Å². The average molecular weight is 348 g/mol. The van der Waals surface area contributed by atoms with Gasteiger partial charge in [-0.1, -0.05) is 6.07 Å². The second-order valence-electron chi connectivity index (χ2n) is 4.93. The first-order valence-electron chi connectivity index (χ1n) is 7.42. The quantitative estimate of drug-likeness (QED) is 0.450. The summed E-state index contributed by atoms with van der Waals surface area (Å²) in [5, 5.41) is 6.94. The molecule has 2 N–H and O–H groups in total. The van der Waals surface area contributed by atoms with Crippen molar-refractivity contribution < 1.29 is 4.74 Å². The molecule has 2 rings (SSSR count). The van der Waals surface area contributed by atoms with Crippen molar-refractivity contribution in [3.05, 3.63) is 48.2 Å². The molecule has 0 saturated carbocycles. The van der Waals surface area contributed by atoms with Gasteiger partial charge >= 0.3 is 0 Å². The zero-order chi connectivity index (χ0) is 16.5. The van der Waals surface area contributed by atoms with Gasteiger partial charge in [0, 0.05) is 17.6 Å². The molecule has 23 heavy (non-hydrogen) atoms. The van der Waals surface area contributed by atoms with Gasteiger partial charge in [0.15, 0.2) is 5.11 Å². The number of anilines is 1. The Bertz CT molecular complexity index is 632. The van der Waals surface area contributed by atoms with Gasteiger partial charge in [-0.3, -0.25) is 0 Å². The molecule has 0 bridgehead atoms. The molecule has 1 aromatic heterocycles. The van der Waals surface area contributed by atoms with Crippen molar-refractivity contribution in [2.24, 2.45) is 0 Å². The van der Waals surface area contributed by atoms with Gasteiger partial charge in [-0.05, 0) is 67.2 Å². The number of hydrogen-bond donors (Lipinski definition) is 2. The van der Waals surface area contributed by atoms with E-state index < -0.39 is 0 Å². The van der Waals surface area contributed by atoms with Gasteiger partial charge in [0.1, 0.15) is 11.6 Å². The van der Waals surface area contributed by atoms with Crippen LogP contribution in [0.3, 0.4) is 0 Å². The maximum Gasteiger partial charge on any atom is 0.171 e. The zero-order valence-corrected chi connectivity index (χ0v) is 15.0. The van der Waals surface area contributed by atoms with Gasteiger partial charge in [-0.25, -0.2) is 4.98 Å². The maximum absolute atomic E-state index is 5.28. The average Bonchev–Trinajstić information content (AvgIpc) is 2.57. The predicted molar refractivity (Wildman–Crippen MR) is 102 cm³/mol. The Morgan fingerprint density at radius 1 is 1.26 bits per heavy atom. The molecule has 6 heteroatoms. The molecule has 0 aliphatic rings. The third kappa shape index (κ3) is 6.08. The minimum Gasteiger partial charge on any atom is -0.497 e. The third-order valence-electron chi connectivity index (χ3n) is 3.18. The van der Waals surface area contributed by atoms with Gasteiger partial charge in [0.2, 0.25) is 0 Å².